The Morgan fingerprint density at radius 2 is 1.93 bits per heavy atom. The maximum absolute atomic E-state index is 12.3. The Kier molecular flexibility index (Phi) is 6.81. The molecule has 0 aliphatic heterocycles. The molecule has 0 bridgehead atoms. The summed E-state index contributed by atoms with van der Waals surface area (Å²) in [7, 11) is 0. The SMILES string of the molecule is CCCCc1ccc(NC(=O)CSc2nnnn2-c2ccc(C)cc2C)cc1. The summed E-state index contributed by atoms with van der Waals surface area (Å²) in [6.07, 6.45) is 3.43. The molecule has 0 saturated heterocycles. The van der Waals surface area contributed by atoms with Gasteiger partial charge < -0.3 is 5.32 Å². The van der Waals surface area contributed by atoms with E-state index in [9.17, 15) is 4.79 Å². The second kappa shape index (κ2) is 9.50. The smallest absolute Gasteiger partial charge is 0.234 e. The molecule has 0 atom stereocenters. The topological polar surface area (TPSA) is 72.7 Å². The van der Waals surface area contributed by atoms with Crippen LogP contribution in [-0.2, 0) is 11.2 Å². The first kappa shape index (κ1) is 20.1. The molecule has 0 radical (unpaired) electrons. The summed E-state index contributed by atoms with van der Waals surface area (Å²) < 4.78 is 1.68. The number of carbonyl (C=O) groups excluding carboxylic acids is 1. The van der Waals surface area contributed by atoms with Crippen LogP contribution in [0.5, 0.6) is 0 Å². The third kappa shape index (κ3) is 5.19. The normalized spacial score (nSPS) is 10.8. The fraction of sp³-hybridized carbons (Fsp3) is 0.333. The Morgan fingerprint density at radius 3 is 2.64 bits per heavy atom. The number of carbonyl (C=O) groups is 1. The van der Waals surface area contributed by atoms with Crippen LogP contribution in [0.3, 0.4) is 0 Å². The number of tetrazole rings is 1. The molecule has 0 saturated carbocycles. The average molecular weight is 396 g/mol. The molecular weight excluding hydrogens is 370 g/mol. The number of nitrogens with zero attached hydrogens (tertiary/aromatic N) is 4. The zero-order chi connectivity index (χ0) is 19.9. The second-order valence-electron chi connectivity index (χ2n) is 6.80. The van der Waals surface area contributed by atoms with Gasteiger partial charge in [-0.15, -0.1) is 5.10 Å². The van der Waals surface area contributed by atoms with E-state index < -0.39 is 0 Å². The predicted molar refractivity (Wildman–Crippen MR) is 113 cm³/mol. The van der Waals surface area contributed by atoms with E-state index >= 15 is 0 Å². The zero-order valence-electron chi connectivity index (χ0n) is 16.5. The monoisotopic (exact) mass is 395 g/mol. The number of aromatic nitrogens is 4. The number of hydrogen-bond acceptors (Lipinski definition) is 5. The Hall–Kier alpha value is -2.67. The van der Waals surface area contributed by atoms with Gasteiger partial charge in [0, 0.05) is 5.69 Å². The van der Waals surface area contributed by atoms with Gasteiger partial charge in [-0.2, -0.15) is 4.68 Å². The summed E-state index contributed by atoms with van der Waals surface area (Å²) in [4.78, 5) is 12.3. The molecule has 2 aromatic carbocycles. The predicted octanol–water partition coefficient (Wildman–Crippen LogP) is 4.35. The van der Waals surface area contributed by atoms with Crippen molar-refractivity contribution in [3.8, 4) is 5.69 Å². The number of benzene rings is 2. The highest BCUT2D eigenvalue weighted by atomic mass is 32.2. The third-order valence-corrected chi connectivity index (χ3v) is 5.33. The van der Waals surface area contributed by atoms with Crippen molar-refractivity contribution in [1.29, 1.82) is 0 Å². The molecule has 0 unspecified atom stereocenters. The minimum absolute atomic E-state index is 0.0820. The van der Waals surface area contributed by atoms with Gasteiger partial charge >= 0.3 is 0 Å². The number of hydrogen-bond donors (Lipinski definition) is 1. The highest BCUT2D eigenvalue weighted by molar-refractivity contribution is 7.99. The van der Waals surface area contributed by atoms with Crippen LogP contribution in [0.2, 0.25) is 0 Å². The molecule has 28 heavy (non-hydrogen) atoms. The van der Waals surface area contributed by atoms with Crippen LogP contribution in [0, 0.1) is 13.8 Å². The fourth-order valence-corrected chi connectivity index (χ4v) is 3.61. The van der Waals surface area contributed by atoms with E-state index in [4.69, 9.17) is 0 Å². The van der Waals surface area contributed by atoms with E-state index in [0.29, 0.717) is 5.16 Å². The molecule has 0 aliphatic rings. The molecule has 1 heterocycles. The molecular formula is C21H25N5OS. The molecule has 3 rings (SSSR count). The van der Waals surface area contributed by atoms with Crippen LogP contribution in [-0.4, -0.2) is 31.9 Å². The van der Waals surface area contributed by atoms with Crippen LogP contribution in [0.25, 0.3) is 5.69 Å². The summed E-state index contributed by atoms with van der Waals surface area (Å²) in [5, 5.41) is 15.4. The van der Waals surface area contributed by atoms with Gasteiger partial charge in [0.1, 0.15) is 0 Å². The van der Waals surface area contributed by atoms with Crippen LogP contribution >= 0.6 is 11.8 Å². The van der Waals surface area contributed by atoms with Crippen molar-refractivity contribution in [1.82, 2.24) is 20.2 Å². The molecule has 146 valence electrons. The minimum atomic E-state index is -0.0820. The summed E-state index contributed by atoms with van der Waals surface area (Å²) >= 11 is 1.32. The van der Waals surface area contributed by atoms with Crippen molar-refractivity contribution in [2.24, 2.45) is 0 Å². The van der Waals surface area contributed by atoms with Crippen molar-refractivity contribution in [2.75, 3.05) is 11.1 Å². The van der Waals surface area contributed by atoms with E-state index in [0.717, 1.165) is 23.4 Å². The Morgan fingerprint density at radius 1 is 1.14 bits per heavy atom. The molecule has 1 aromatic heterocycles. The molecule has 0 spiro atoms. The van der Waals surface area contributed by atoms with Gasteiger partial charge in [-0.25, -0.2) is 0 Å². The fourth-order valence-electron chi connectivity index (χ4n) is 2.93. The van der Waals surface area contributed by atoms with Gasteiger partial charge in [0.15, 0.2) is 0 Å². The van der Waals surface area contributed by atoms with Gasteiger partial charge in [0.2, 0.25) is 11.1 Å². The van der Waals surface area contributed by atoms with Crippen LogP contribution in [0.15, 0.2) is 47.6 Å². The van der Waals surface area contributed by atoms with Gasteiger partial charge in [-0.1, -0.05) is 54.9 Å². The van der Waals surface area contributed by atoms with E-state index in [2.05, 4.69) is 46.0 Å². The van der Waals surface area contributed by atoms with E-state index in [1.54, 1.807) is 4.68 Å². The third-order valence-electron chi connectivity index (χ3n) is 4.41. The van der Waals surface area contributed by atoms with Gasteiger partial charge in [-0.3, -0.25) is 4.79 Å². The lowest BCUT2D eigenvalue weighted by Crippen LogP contribution is -2.14. The average Bonchev–Trinajstić information content (AvgIpc) is 3.14. The number of rotatable bonds is 8. The summed E-state index contributed by atoms with van der Waals surface area (Å²) in [5.41, 5.74) is 5.29. The first-order valence-electron chi connectivity index (χ1n) is 9.44. The molecule has 3 aromatic rings. The largest absolute Gasteiger partial charge is 0.325 e. The lowest BCUT2D eigenvalue weighted by molar-refractivity contribution is -0.113. The van der Waals surface area contributed by atoms with Crippen molar-refractivity contribution in [2.45, 2.75) is 45.2 Å². The van der Waals surface area contributed by atoms with E-state index in [1.165, 1.54) is 35.7 Å². The molecule has 0 fully saturated rings. The van der Waals surface area contributed by atoms with Gasteiger partial charge in [0.25, 0.3) is 0 Å². The van der Waals surface area contributed by atoms with Crippen molar-refractivity contribution in [3.63, 3.8) is 0 Å². The van der Waals surface area contributed by atoms with Gasteiger partial charge in [0.05, 0.1) is 11.4 Å². The van der Waals surface area contributed by atoms with Crippen molar-refractivity contribution < 1.29 is 4.79 Å². The highest BCUT2D eigenvalue weighted by Gasteiger charge is 2.13. The molecule has 0 aliphatic carbocycles. The van der Waals surface area contributed by atoms with Crippen LogP contribution in [0.1, 0.15) is 36.5 Å². The first-order chi connectivity index (χ1) is 13.6. The van der Waals surface area contributed by atoms with Crippen molar-refractivity contribution >= 4 is 23.4 Å². The molecule has 1 amide bonds. The van der Waals surface area contributed by atoms with Crippen LogP contribution in [0.4, 0.5) is 5.69 Å². The van der Waals surface area contributed by atoms with Crippen LogP contribution < -0.4 is 5.32 Å². The Bertz CT molecular complexity index is 936. The Labute approximate surface area is 169 Å². The lowest BCUT2D eigenvalue weighted by Gasteiger charge is -2.09. The number of nitrogens with one attached hydrogen (secondary N) is 1. The zero-order valence-corrected chi connectivity index (χ0v) is 17.3. The maximum Gasteiger partial charge on any atom is 0.234 e. The number of anilines is 1. The summed E-state index contributed by atoms with van der Waals surface area (Å²) in [5.74, 6) is 0.157. The molecule has 7 heteroatoms. The number of thioether (sulfide) groups is 1. The Balaban J connectivity index is 1.59. The number of amides is 1. The maximum atomic E-state index is 12.3. The summed E-state index contributed by atoms with van der Waals surface area (Å²) in [6, 6.07) is 14.1. The molecule has 6 nitrogen and oxygen atoms in total. The lowest BCUT2D eigenvalue weighted by atomic mass is 10.1. The number of unbranched alkanes of at least 4 members (excludes halogenated alkanes) is 1. The van der Waals surface area contributed by atoms with Crippen molar-refractivity contribution in [3.05, 3.63) is 59.2 Å². The second-order valence-corrected chi connectivity index (χ2v) is 7.74. The summed E-state index contributed by atoms with van der Waals surface area (Å²) in [6.45, 7) is 6.25. The quantitative estimate of drug-likeness (QED) is 0.574. The number of aryl methyl sites for hydroxylation is 3. The molecule has 1 N–H and O–H groups in total. The first-order valence-corrected chi connectivity index (χ1v) is 10.4. The standard InChI is InChI=1S/C21H25N5OS/c1-4-5-6-17-8-10-18(11-9-17)22-20(27)14-28-21-23-24-25-26(21)19-12-7-15(2)13-16(19)3/h7-13H,4-6,14H2,1-3H3,(H,22,27). The van der Waals surface area contributed by atoms with Gasteiger partial charge in [-0.05, 0) is 66.4 Å². The highest BCUT2D eigenvalue weighted by Crippen LogP contribution is 2.21. The van der Waals surface area contributed by atoms with E-state index in [-0.39, 0.29) is 11.7 Å². The van der Waals surface area contributed by atoms with E-state index in [1.807, 2.05) is 38.1 Å². The minimum Gasteiger partial charge on any atom is -0.325 e.